The number of nitrogens with two attached hydrogens (primary N) is 1. The van der Waals surface area contributed by atoms with Crippen molar-refractivity contribution in [1.82, 2.24) is 14.6 Å². The van der Waals surface area contributed by atoms with Crippen molar-refractivity contribution < 1.29 is 0 Å². The number of hydrogen-bond acceptors (Lipinski definition) is 4. The van der Waals surface area contributed by atoms with Gasteiger partial charge in [0.05, 0.1) is 5.69 Å². The van der Waals surface area contributed by atoms with Crippen LogP contribution in [-0.2, 0) is 0 Å². The fourth-order valence-corrected chi connectivity index (χ4v) is 2.13. The van der Waals surface area contributed by atoms with Gasteiger partial charge < -0.3 is 10.6 Å². The maximum absolute atomic E-state index is 5.69. The van der Waals surface area contributed by atoms with E-state index in [1.165, 1.54) is 0 Å². The second-order valence-corrected chi connectivity index (χ2v) is 5.53. The van der Waals surface area contributed by atoms with Crippen molar-refractivity contribution >= 4 is 11.3 Å². The Hall–Kier alpha value is -1.62. The molecule has 19 heavy (non-hydrogen) atoms. The topological polar surface area (TPSA) is 59.5 Å². The summed E-state index contributed by atoms with van der Waals surface area (Å²) in [4.78, 5) is 6.64. The first kappa shape index (κ1) is 13.8. The molecule has 0 aliphatic heterocycles. The maximum atomic E-state index is 5.69. The van der Waals surface area contributed by atoms with E-state index in [1.54, 1.807) is 6.20 Å². The van der Waals surface area contributed by atoms with Crippen LogP contribution in [0.1, 0.15) is 32.4 Å². The SMILES string of the molecule is CC(CN)CN(C)c1nccn2nc(C(C)C)cc12. The highest BCUT2D eigenvalue weighted by Gasteiger charge is 2.14. The molecule has 104 valence electrons. The number of rotatable bonds is 5. The highest BCUT2D eigenvalue weighted by atomic mass is 15.3. The summed E-state index contributed by atoms with van der Waals surface area (Å²) in [6.07, 6.45) is 3.69. The first-order chi connectivity index (χ1) is 9.02. The molecule has 2 aromatic rings. The first-order valence-electron chi connectivity index (χ1n) is 6.78. The van der Waals surface area contributed by atoms with Gasteiger partial charge in [-0.3, -0.25) is 0 Å². The predicted molar refractivity (Wildman–Crippen MR) is 78.6 cm³/mol. The van der Waals surface area contributed by atoms with Gasteiger partial charge in [-0.05, 0) is 24.4 Å². The minimum Gasteiger partial charge on any atom is -0.358 e. The molecule has 0 saturated heterocycles. The fourth-order valence-electron chi connectivity index (χ4n) is 2.13. The Morgan fingerprint density at radius 2 is 2.11 bits per heavy atom. The molecule has 0 bridgehead atoms. The van der Waals surface area contributed by atoms with Crippen LogP contribution in [0.15, 0.2) is 18.5 Å². The number of anilines is 1. The molecule has 0 fully saturated rings. The van der Waals surface area contributed by atoms with Crippen molar-refractivity contribution in [3.8, 4) is 0 Å². The zero-order valence-corrected chi connectivity index (χ0v) is 12.2. The quantitative estimate of drug-likeness (QED) is 0.893. The molecular formula is C14H23N5. The highest BCUT2D eigenvalue weighted by molar-refractivity contribution is 5.69. The van der Waals surface area contributed by atoms with Gasteiger partial charge in [0.25, 0.3) is 0 Å². The van der Waals surface area contributed by atoms with Gasteiger partial charge in [-0.15, -0.1) is 0 Å². The van der Waals surface area contributed by atoms with Gasteiger partial charge in [-0.25, -0.2) is 9.50 Å². The Bertz CT molecular complexity index is 546. The van der Waals surface area contributed by atoms with E-state index in [0.29, 0.717) is 18.4 Å². The number of hydrogen-bond donors (Lipinski definition) is 1. The van der Waals surface area contributed by atoms with E-state index >= 15 is 0 Å². The summed E-state index contributed by atoms with van der Waals surface area (Å²) in [5.74, 6) is 1.82. The lowest BCUT2D eigenvalue weighted by Crippen LogP contribution is -2.29. The average molecular weight is 261 g/mol. The standard InChI is InChI=1S/C14H23N5/c1-10(2)12-7-13-14(16-5-6-19(13)17-12)18(4)9-11(3)8-15/h5-7,10-11H,8-9,15H2,1-4H3. The molecular weight excluding hydrogens is 238 g/mol. The van der Waals surface area contributed by atoms with Gasteiger partial charge in [0.1, 0.15) is 5.52 Å². The molecule has 0 aromatic carbocycles. The van der Waals surface area contributed by atoms with Crippen LogP contribution >= 0.6 is 0 Å². The lowest BCUT2D eigenvalue weighted by Gasteiger charge is -2.22. The molecule has 2 rings (SSSR count). The smallest absolute Gasteiger partial charge is 0.154 e. The van der Waals surface area contributed by atoms with Crippen LogP contribution in [0.5, 0.6) is 0 Å². The van der Waals surface area contributed by atoms with Crippen molar-refractivity contribution in [1.29, 1.82) is 0 Å². The Balaban J connectivity index is 2.37. The molecule has 2 heterocycles. The summed E-state index contributed by atoms with van der Waals surface area (Å²) in [7, 11) is 2.05. The number of aromatic nitrogens is 3. The lowest BCUT2D eigenvalue weighted by atomic mass is 10.1. The maximum Gasteiger partial charge on any atom is 0.154 e. The summed E-state index contributed by atoms with van der Waals surface area (Å²) in [5, 5.41) is 4.58. The summed E-state index contributed by atoms with van der Waals surface area (Å²) < 4.78 is 1.90. The van der Waals surface area contributed by atoms with Crippen LogP contribution in [0.4, 0.5) is 5.82 Å². The Morgan fingerprint density at radius 3 is 2.74 bits per heavy atom. The minimum atomic E-state index is 0.418. The lowest BCUT2D eigenvalue weighted by molar-refractivity contribution is 0.587. The van der Waals surface area contributed by atoms with E-state index in [4.69, 9.17) is 5.73 Å². The second-order valence-electron chi connectivity index (χ2n) is 5.53. The Labute approximate surface area is 114 Å². The number of nitrogens with zero attached hydrogens (tertiary/aromatic N) is 4. The second kappa shape index (κ2) is 5.57. The zero-order chi connectivity index (χ0) is 14.0. The van der Waals surface area contributed by atoms with Crippen LogP contribution < -0.4 is 10.6 Å². The van der Waals surface area contributed by atoms with Crippen LogP contribution in [0.2, 0.25) is 0 Å². The van der Waals surface area contributed by atoms with Gasteiger partial charge in [-0.2, -0.15) is 5.10 Å². The van der Waals surface area contributed by atoms with Crippen LogP contribution in [0, 0.1) is 5.92 Å². The van der Waals surface area contributed by atoms with Crippen molar-refractivity contribution in [2.75, 3.05) is 25.0 Å². The fraction of sp³-hybridized carbons (Fsp3) is 0.571. The van der Waals surface area contributed by atoms with Gasteiger partial charge in [-0.1, -0.05) is 20.8 Å². The molecule has 2 N–H and O–H groups in total. The van der Waals surface area contributed by atoms with Crippen molar-refractivity contribution in [3.63, 3.8) is 0 Å². The van der Waals surface area contributed by atoms with E-state index in [0.717, 1.165) is 23.6 Å². The zero-order valence-electron chi connectivity index (χ0n) is 12.2. The van der Waals surface area contributed by atoms with Crippen LogP contribution in [0.25, 0.3) is 5.52 Å². The summed E-state index contributed by atoms with van der Waals surface area (Å²) in [6, 6.07) is 2.12. The average Bonchev–Trinajstić information content (AvgIpc) is 2.82. The molecule has 1 unspecified atom stereocenters. The van der Waals surface area contributed by atoms with Gasteiger partial charge in [0.2, 0.25) is 0 Å². The summed E-state index contributed by atoms with van der Waals surface area (Å²) in [5.41, 5.74) is 7.84. The summed E-state index contributed by atoms with van der Waals surface area (Å²) >= 11 is 0. The molecule has 0 radical (unpaired) electrons. The molecule has 0 saturated carbocycles. The molecule has 1 atom stereocenters. The highest BCUT2D eigenvalue weighted by Crippen LogP contribution is 2.22. The third-order valence-corrected chi connectivity index (χ3v) is 3.33. The van der Waals surface area contributed by atoms with E-state index in [1.807, 2.05) is 10.7 Å². The molecule has 5 heteroatoms. The first-order valence-corrected chi connectivity index (χ1v) is 6.78. The van der Waals surface area contributed by atoms with Crippen LogP contribution in [0.3, 0.4) is 0 Å². The normalized spacial score (nSPS) is 13.2. The van der Waals surface area contributed by atoms with E-state index in [-0.39, 0.29) is 0 Å². The third kappa shape index (κ3) is 2.87. The molecule has 0 amide bonds. The number of fused-ring (bicyclic) bond motifs is 1. The van der Waals surface area contributed by atoms with Crippen LogP contribution in [-0.4, -0.2) is 34.7 Å². The molecule has 0 aliphatic rings. The Morgan fingerprint density at radius 1 is 1.37 bits per heavy atom. The van der Waals surface area contributed by atoms with Crippen molar-refractivity contribution in [2.45, 2.75) is 26.7 Å². The molecule has 0 aliphatic carbocycles. The summed E-state index contributed by atoms with van der Waals surface area (Å²) in [6.45, 7) is 8.02. The monoisotopic (exact) mass is 261 g/mol. The Kier molecular flexibility index (Phi) is 4.04. The van der Waals surface area contributed by atoms with E-state index in [2.05, 4.69) is 48.9 Å². The largest absolute Gasteiger partial charge is 0.358 e. The third-order valence-electron chi connectivity index (χ3n) is 3.33. The van der Waals surface area contributed by atoms with E-state index in [9.17, 15) is 0 Å². The minimum absolute atomic E-state index is 0.418. The van der Waals surface area contributed by atoms with Crippen molar-refractivity contribution in [3.05, 3.63) is 24.2 Å². The van der Waals surface area contributed by atoms with Gasteiger partial charge >= 0.3 is 0 Å². The molecule has 5 nitrogen and oxygen atoms in total. The van der Waals surface area contributed by atoms with Gasteiger partial charge in [0.15, 0.2) is 5.82 Å². The predicted octanol–water partition coefficient (Wildman–Crippen LogP) is 1.88. The van der Waals surface area contributed by atoms with Crippen molar-refractivity contribution in [2.24, 2.45) is 11.7 Å². The molecule has 0 spiro atoms. The molecule has 2 aromatic heterocycles. The van der Waals surface area contributed by atoms with E-state index < -0.39 is 0 Å². The van der Waals surface area contributed by atoms with Gasteiger partial charge in [0, 0.05) is 26.0 Å².